The van der Waals surface area contributed by atoms with Crippen LogP contribution in [0.2, 0.25) is 0 Å². The number of benzene rings is 2. The van der Waals surface area contributed by atoms with Crippen LogP contribution in [-0.4, -0.2) is 4.21 Å². The molecular formula is C15H14O2S. The molecule has 0 spiro atoms. The van der Waals surface area contributed by atoms with Crippen LogP contribution >= 0.6 is 0 Å². The molecule has 0 aromatic heterocycles. The Morgan fingerprint density at radius 1 is 1.00 bits per heavy atom. The van der Waals surface area contributed by atoms with E-state index in [4.69, 9.17) is 4.74 Å². The minimum absolute atomic E-state index is 0.349. The molecule has 3 heteroatoms. The first kappa shape index (κ1) is 11.5. The topological polar surface area (TPSA) is 26.3 Å². The molecule has 0 saturated heterocycles. The van der Waals surface area contributed by atoms with E-state index in [-0.39, 0.29) is 0 Å². The first-order chi connectivity index (χ1) is 8.68. The molecule has 2 nitrogen and oxygen atoms in total. The molecule has 2 aromatic rings. The van der Waals surface area contributed by atoms with Crippen molar-refractivity contribution in [2.45, 2.75) is 29.6 Å². The van der Waals surface area contributed by atoms with E-state index in [1.807, 2.05) is 42.5 Å². The van der Waals surface area contributed by atoms with Crippen LogP contribution in [0.25, 0.3) is 0 Å². The van der Waals surface area contributed by atoms with Gasteiger partial charge in [0, 0.05) is 0 Å². The second-order valence-corrected chi connectivity index (χ2v) is 6.06. The second-order valence-electron chi connectivity index (χ2n) is 4.65. The highest BCUT2D eigenvalue weighted by atomic mass is 32.2. The van der Waals surface area contributed by atoms with Crippen LogP contribution in [0, 0.1) is 0 Å². The van der Waals surface area contributed by atoms with Gasteiger partial charge in [0.25, 0.3) is 0 Å². The van der Waals surface area contributed by atoms with Gasteiger partial charge in [0.15, 0.2) is 0 Å². The van der Waals surface area contributed by atoms with Gasteiger partial charge in [0.1, 0.15) is 11.5 Å². The fourth-order valence-electron chi connectivity index (χ4n) is 2.16. The largest absolute Gasteiger partial charge is 0.454 e. The summed E-state index contributed by atoms with van der Waals surface area (Å²) in [5, 5.41) is 0. The summed E-state index contributed by atoms with van der Waals surface area (Å²) in [7, 11) is -1.14. The smallest absolute Gasteiger partial charge is 0.147 e. The first-order valence-electron chi connectivity index (χ1n) is 6.00. The average molecular weight is 258 g/mol. The van der Waals surface area contributed by atoms with Gasteiger partial charge >= 0.3 is 0 Å². The summed E-state index contributed by atoms with van der Waals surface area (Å²) in [4.78, 5) is 1.53. The summed E-state index contributed by atoms with van der Waals surface area (Å²) in [6.07, 6.45) is 0. The molecule has 0 bridgehead atoms. The SMILES string of the molecule is CC(C)c1cccc2c1Oc1ccccc1S2=O. The predicted octanol–water partition coefficient (Wildman–Crippen LogP) is 4.08. The van der Waals surface area contributed by atoms with Gasteiger partial charge in [-0.3, -0.25) is 0 Å². The lowest BCUT2D eigenvalue weighted by molar-refractivity contribution is 0.441. The summed E-state index contributed by atoms with van der Waals surface area (Å²) < 4.78 is 18.5. The molecule has 3 rings (SSSR count). The molecule has 1 aliphatic heterocycles. The van der Waals surface area contributed by atoms with E-state index in [1.54, 1.807) is 0 Å². The monoisotopic (exact) mass is 258 g/mol. The number of para-hydroxylation sites is 2. The van der Waals surface area contributed by atoms with Gasteiger partial charge in [-0.2, -0.15) is 0 Å². The van der Waals surface area contributed by atoms with Crippen molar-refractivity contribution in [3.63, 3.8) is 0 Å². The number of rotatable bonds is 1. The number of hydrogen-bond donors (Lipinski definition) is 0. The van der Waals surface area contributed by atoms with E-state index in [0.29, 0.717) is 11.7 Å². The maximum Gasteiger partial charge on any atom is 0.147 e. The lowest BCUT2D eigenvalue weighted by Gasteiger charge is -2.23. The van der Waals surface area contributed by atoms with Crippen LogP contribution in [0.1, 0.15) is 25.3 Å². The molecule has 1 heterocycles. The molecule has 0 amide bonds. The molecule has 2 aromatic carbocycles. The molecule has 92 valence electrons. The molecule has 0 N–H and O–H groups in total. The van der Waals surface area contributed by atoms with Crippen molar-refractivity contribution < 1.29 is 8.95 Å². The van der Waals surface area contributed by atoms with Crippen LogP contribution in [0.5, 0.6) is 11.5 Å². The van der Waals surface area contributed by atoms with Crippen LogP contribution < -0.4 is 4.74 Å². The molecule has 18 heavy (non-hydrogen) atoms. The average Bonchev–Trinajstić information content (AvgIpc) is 2.38. The fraction of sp³-hybridized carbons (Fsp3) is 0.200. The van der Waals surface area contributed by atoms with Crippen LogP contribution in [0.3, 0.4) is 0 Å². The van der Waals surface area contributed by atoms with Crippen molar-refractivity contribution in [2.24, 2.45) is 0 Å². The normalized spacial score (nSPS) is 16.9. The Labute approximate surface area is 109 Å². The lowest BCUT2D eigenvalue weighted by Crippen LogP contribution is -2.07. The van der Waals surface area contributed by atoms with Crippen molar-refractivity contribution in [2.75, 3.05) is 0 Å². The summed E-state index contributed by atoms with van der Waals surface area (Å²) in [6.45, 7) is 4.23. The Morgan fingerprint density at radius 2 is 1.72 bits per heavy atom. The Kier molecular flexibility index (Phi) is 2.71. The summed E-state index contributed by atoms with van der Waals surface area (Å²) >= 11 is 0. The predicted molar refractivity (Wildman–Crippen MR) is 71.7 cm³/mol. The second kappa shape index (κ2) is 4.25. The molecular weight excluding hydrogens is 244 g/mol. The maximum absolute atomic E-state index is 12.5. The molecule has 0 saturated carbocycles. The van der Waals surface area contributed by atoms with E-state index < -0.39 is 10.8 Å². The maximum atomic E-state index is 12.5. The van der Waals surface area contributed by atoms with E-state index >= 15 is 0 Å². The van der Waals surface area contributed by atoms with Gasteiger partial charge in [-0.1, -0.05) is 38.1 Å². The highest BCUT2D eigenvalue weighted by Gasteiger charge is 2.26. The Morgan fingerprint density at radius 3 is 2.50 bits per heavy atom. The number of hydrogen-bond acceptors (Lipinski definition) is 2. The zero-order valence-corrected chi connectivity index (χ0v) is 11.2. The number of fused-ring (bicyclic) bond motifs is 2. The lowest BCUT2D eigenvalue weighted by atomic mass is 10.0. The Balaban J connectivity index is 2.22. The van der Waals surface area contributed by atoms with Crippen molar-refractivity contribution in [3.8, 4) is 11.5 Å². The quantitative estimate of drug-likeness (QED) is 0.657. The van der Waals surface area contributed by atoms with Gasteiger partial charge in [-0.05, 0) is 29.7 Å². The van der Waals surface area contributed by atoms with E-state index in [1.165, 1.54) is 0 Å². The summed E-state index contributed by atoms with van der Waals surface area (Å²) in [5.41, 5.74) is 1.11. The van der Waals surface area contributed by atoms with Gasteiger partial charge in [-0.15, -0.1) is 0 Å². The van der Waals surface area contributed by atoms with Gasteiger partial charge < -0.3 is 4.74 Å². The zero-order valence-electron chi connectivity index (χ0n) is 10.3. The van der Waals surface area contributed by atoms with E-state index in [9.17, 15) is 4.21 Å². The zero-order chi connectivity index (χ0) is 12.7. The fourth-order valence-corrected chi connectivity index (χ4v) is 3.42. The van der Waals surface area contributed by atoms with Gasteiger partial charge in [-0.25, -0.2) is 4.21 Å². The third-order valence-corrected chi connectivity index (χ3v) is 4.55. The highest BCUT2D eigenvalue weighted by Crippen LogP contribution is 2.43. The van der Waals surface area contributed by atoms with Gasteiger partial charge in [0.05, 0.1) is 20.6 Å². The van der Waals surface area contributed by atoms with Crippen molar-refractivity contribution in [3.05, 3.63) is 48.0 Å². The third kappa shape index (κ3) is 1.66. The van der Waals surface area contributed by atoms with Gasteiger partial charge in [0.2, 0.25) is 0 Å². The Bertz CT molecular complexity index is 632. The molecule has 0 aliphatic carbocycles. The molecule has 1 unspecified atom stereocenters. The first-order valence-corrected chi connectivity index (χ1v) is 7.15. The molecule has 1 aliphatic rings. The molecule has 1 atom stereocenters. The van der Waals surface area contributed by atoms with E-state index in [0.717, 1.165) is 21.1 Å². The minimum atomic E-state index is -1.14. The standard InChI is InChI=1S/C15H14O2S/c1-10(2)11-6-5-9-14-15(11)17-12-7-3-4-8-13(12)18(14)16/h3-10H,1-2H3. The van der Waals surface area contributed by atoms with Crippen molar-refractivity contribution in [1.29, 1.82) is 0 Å². The summed E-state index contributed by atoms with van der Waals surface area (Å²) in [5.74, 6) is 1.82. The van der Waals surface area contributed by atoms with Crippen LogP contribution in [0.4, 0.5) is 0 Å². The van der Waals surface area contributed by atoms with Crippen molar-refractivity contribution in [1.82, 2.24) is 0 Å². The minimum Gasteiger partial charge on any atom is -0.454 e. The molecule has 0 fully saturated rings. The van der Waals surface area contributed by atoms with Crippen LogP contribution in [0.15, 0.2) is 52.3 Å². The summed E-state index contributed by atoms with van der Waals surface area (Å²) in [6, 6.07) is 13.4. The number of ether oxygens (including phenoxy) is 1. The third-order valence-electron chi connectivity index (χ3n) is 3.09. The van der Waals surface area contributed by atoms with E-state index in [2.05, 4.69) is 13.8 Å². The highest BCUT2D eigenvalue weighted by molar-refractivity contribution is 7.85. The van der Waals surface area contributed by atoms with Crippen LogP contribution in [-0.2, 0) is 10.8 Å². The van der Waals surface area contributed by atoms with Crippen molar-refractivity contribution >= 4 is 10.8 Å². The molecule has 0 radical (unpaired) electrons. The Hall–Kier alpha value is -1.61.